The van der Waals surface area contributed by atoms with Crippen molar-refractivity contribution in [1.29, 1.82) is 0 Å². The maximum Gasteiger partial charge on any atom is 0.116 e. The first-order chi connectivity index (χ1) is 4.18. The summed E-state index contributed by atoms with van der Waals surface area (Å²) in [5.41, 5.74) is 2.21. The fourth-order valence-electron chi connectivity index (χ4n) is 0.951. The molecular formula is C8H10OY. The molecule has 0 unspecified atom stereocenters. The van der Waals surface area contributed by atoms with Gasteiger partial charge in [0.2, 0.25) is 0 Å². The van der Waals surface area contributed by atoms with Crippen molar-refractivity contribution < 1.29 is 37.8 Å². The largest absolute Gasteiger partial charge is 0.508 e. The number of phenols is 1. The average molecular weight is 211 g/mol. The van der Waals surface area contributed by atoms with E-state index < -0.39 is 0 Å². The van der Waals surface area contributed by atoms with Crippen LogP contribution < -0.4 is 0 Å². The molecule has 0 aromatic heterocycles. The Bertz CT molecular complexity index is 170. The molecule has 0 atom stereocenters. The van der Waals surface area contributed by atoms with Crippen LogP contribution >= 0.6 is 0 Å². The summed E-state index contributed by atoms with van der Waals surface area (Å²) < 4.78 is 0. The summed E-state index contributed by atoms with van der Waals surface area (Å²) in [6.45, 7) is 3.93. The molecule has 0 spiro atoms. The van der Waals surface area contributed by atoms with Crippen LogP contribution in [0, 0.1) is 13.8 Å². The van der Waals surface area contributed by atoms with Gasteiger partial charge in [0.05, 0.1) is 0 Å². The van der Waals surface area contributed by atoms with Crippen LogP contribution in [0.5, 0.6) is 5.75 Å². The van der Waals surface area contributed by atoms with E-state index in [2.05, 4.69) is 0 Å². The Morgan fingerprint density at radius 2 is 1.40 bits per heavy atom. The van der Waals surface area contributed by atoms with Gasteiger partial charge in [0.1, 0.15) is 5.75 Å². The first-order valence-electron chi connectivity index (χ1n) is 2.96. The molecule has 1 nitrogen and oxygen atoms in total. The van der Waals surface area contributed by atoms with Crippen molar-refractivity contribution in [2.45, 2.75) is 13.8 Å². The van der Waals surface area contributed by atoms with Crippen molar-refractivity contribution >= 4 is 0 Å². The zero-order valence-electron chi connectivity index (χ0n) is 6.26. The third-order valence-electron chi connectivity index (χ3n) is 1.21. The van der Waals surface area contributed by atoms with Crippen LogP contribution in [-0.4, -0.2) is 5.11 Å². The molecule has 0 fully saturated rings. The summed E-state index contributed by atoms with van der Waals surface area (Å²) in [6, 6.07) is 5.51. The molecule has 1 rings (SSSR count). The Labute approximate surface area is 86.3 Å². The predicted octanol–water partition coefficient (Wildman–Crippen LogP) is 2.01. The summed E-state index contributed by atoms with van der Waals surface area (Å²) in [5.74, 6) is 0.354. The summed E-state index contributed by atoms with van der Waals surface area (Å²) >= 11 is 0. The normalized spacial score (nSPS) is 8.60. The van der Waals surface area contributed by atoms with E-state index >= 15 is 0 Å². The standard InChI is InChI=1S/C8H10O.Y/c1-6-3-7(2)5-8(9)4-6;/h3-5,9H,1-2H3;. The SMILES string of the molecule is Cc1cc(C)cc(O)c1.[Y]. The monoisotopic (exact) mass is 211 g/mol. The zero-order chi connectivity index (χ0) is 6.85. The van der Waals surface area contributed by atoms with Gasteiger partial charge in [0, 0.05) is 32.7 Å². The zero-order valence-corrected chi connectivity index (χ0v) is 9.09. The van der Waals surface area contributed by atoms with Crippen LogP contribution in [0.3, 0.4) is 0 Å². The minimum Gasteiger partial charge on any atom is -0.508 e. The number of aryl methyl sites for hydroxylation is 2. The van der Waals surface area contributed by atoms with E-state index in [1.807, 2.05) is 19.9 Å². The number of benzene rings is 1. The van der Waals surface area contributed by atoms with Gasteiger partial charge in [-0.25, -0.2) is 0 Å². The second kappa shape index (κ2) is 4.10. The molecule has 0 aliphatic carbocycles. The Morgan fingerprint density at radius 1 is 1.00 bits per heavy atom. The molecule has 0 bridgehead atoms. The average Bonchev–Trinajstić information content (AvgIpc) is 1.59. The Morgan fingerprint density at radius 3 is 1.70 bits per heavy atom. The number of phenolic OH excluding ortho intramolecular Hbond substituents is 1. The van der Waals surface area contributed by atoms with Crippen LogP contribution in [0.15, 0.2) is 18.2 Å². The van der Waals surface area contributed by atoms with E-state index in [-0.39, 0.29) is 32.7 Å². The van der Waals surface area contributed by atoms with Gasteiger partial charge in [0.15, 0.2) is 0 Å². The van der Waals surface area contributed by atoms with Crippen LogP contribution in [0.1, 0.15) is 11.1 Å². The number of aromatic hydroxyl groups is 1. The van der Waals surface area contributed by atoms with Gasteiger partial charge in [-0.3, -0.25) is 0 Å². The fraction of sp³-hybridized carbons (Fsp3) is 0.250. The molecule has 0 heterocycles. The Hall–Kier alpha value is 0.124. The van der Waals surface area contributed by atoms with Crippen LogP contribution in [0.4, 0.5) is 0 Å². The summed E-state index contributed by atoms with van der Waals surface area (Å²) in [5, 5.41) is 8.99. The number of rotatable bonds is 0. The maximum atomic E-state index is 8.99. The molecule has 1 aromatic rings. The Balaban J connectivity index is 0.000000810. The van der Waals surface area contributed by atoms with Crippen LogP contribution in [0.2, 0.25) is 0 Å². The van der Waals surface area contributed by atoms with Crippen LogP contribution in [-0.2, 0) is 32.7 Å². The van der Waals surface area contributed by atoms with Gasteiger partial charge in [-0.05, 0) is 37.1 Å². The van der Waals surface area contributed by atoms with E-state index in [0.29, 0.717) is 5.75 Å². The number of hydrogen-bond donors (Lipinski definition) is 1. The molecule has 10 heavy (non-hydrogen) atoms. The van der Waals surface area contributed by atoms with Crippen molar-refractivity contribution in [3.05, 3.63) is 29.3 Å². The van der Waals surface area contributed by atoms with E-state index in [0.717, 1.165) is 11.1 Å². The van der Waals surface area contributed by atoms with Crippen molar-refractivity contribution in [1.82, 2.24) is 0 Å². The Kier molecular flexibility index (Phi) is 4.15. The molecular weight excluding hydrogens is 201 g/mol. The molecule has 0 saturated heterocycles. The fourth-order valence-corrected chi connectivity index (χ4v) is 0.951. The molecule has 0 aliphatic rings. The summed E-state index contributed by atoms with van der Waals surface area (Å²) in [4.78, 5) is 0. The topological polar surface area (TPSA) is 20.2 Å². The second-order valence-electron chi connectivity index (χ2n) is 2.35. The smallest absolute Gasteiger partial charge is 0.116 e. The molecule has 1 N–H and O–H groups in total. The van der Waals surface area contributed by atoms with Crippen LogP contribution in [0.25, 0.3) is 0 Å². The third kappa shape index (κ3) is 2.80. The minimum absolute atomic E-state index is 0. The van der Waals surface area contributed by atoms with E-state index in [1.165, 1.54) is 0 Å². The van der Waals surface area contributed by atoms with E-state index in [9.17, 15) is 0 Å². The molecule has 0 aliphatic heterocycles. The van der Waals surface area contributed by atoms with Gasteiger partial charge in [0.25, 0.3) is 0 Å². The van der Waals surface area contributed by atoms with Crippen molar-refractivity contribution in [3.63, 3.8) is 0 Å². The van der Waals surface area contributed by atoms with Crippen molar-refractivity contribution in [3.8, 4) is 5.75 Å². The molecule has 2 heteroatoms. The third-order valence-corrected chi connectivity index (χ3v) is 1.21. The van der Waals surface area contributed by atoms with Gasteiger partial charge >= 0.3 is 0 Å². The van der Waals surface area contributed by atoms with Gasteiger partial charge in [-0.1, -0.05) is 6.07 Å². The van der Waals surface area contributed by atoms with Crippen molar-refractivity contribution in [2.75, 3.05) is 0 Å². The number of hydrogen-bond acceptors (Lipinski definition) is 1. The van der Waals surface area contributed by atoms with Crippen molar-refractivity contribution in [2.24, 2.45) is 0 Å². The molecule has 0 saturated carbocycles. The first kappa shape index (κ1) is 10.1. The van der Waals surface area contributed by atoms with Gasteiger partial charge in [-0.2, -0.15) is 0 Å². The quantitative estimate of drug-likeness (QED) is 0.695. The first-order valence-corrected chi connectivity index (χ1v) is 2.96. The molecule has 0 amide bonds. The minimum atomic E-state index is 0. The summed E-state index contributed by atoms with van der Waals surface area (Å²) in [7, 11) is 0. The van der Waals surface area contributed by atoms with E-state index in [1.54, 1.807) is 12.1 Å². The maximum absolute atomic E-state index is 8.99. The molecule has 1 radical (unpaired) electrons. The predicted molar refractivity (Wildman–Crippen MR) is 37.6 cm³/mol. The van der Waals surface area contributed by atoms with Gasteiger partial charge < -0.3 is 5.11 Å². The summed E-state index contributed by atoms with van der Waals surface area (Å²) in [6.07, 6.45) is 0. The van der Waals surface area contributed by atoms with E-state index in [4.69, 9.17) is 5.11 Å². The molecule has 1 aromatic carbocycles. The second-order valence-corrected chi connectivity index (χ2v) is 2.35. The van der Waals surface area contributed by atoms with Gasteiger partial charge in [-0.15, -0.1) is 0 Å². The molecule has 51 valence electrons.